The Morgan fingerprint density at radius 1 is 1.04 bits per heavy atom. The summed E-state index contributed by atoms with van der Waals surface area (Å²) in [6, 6.07) is 15.2. The standard InChI is InChI=1S/C18H17ClN2O4/c1-21(15-5-3-2-4-6-15)16(22)12-25-17(23)11-20-18(24)13-7-9-14(19)10-8-13/h2-10H,11-12H2,1H3,(H,20,24). The number of hydrogen-bond acceptors (Lipinski definition) is 4. The van der Waals surface area contributed by atoms with Gasteiger partial charge >= 0.3 is 5.97 Å². The van der Waals surface area contributed by atoms with E-state index in [4.69, 9.17) is 16.3 Å². The molecule has 25 heavy (non-hydrogen) atoms. The molecule has 0 aromatic heterocycles. The Bertz CT molecular complexity index is 747. The van der Waals surface area contributed by atoms with Gasteiger partial charge < -0.3 is 15.0 Å². The lowest BCUT2D eigenvalue weighted by molar-refractivity contribution is -0.146. The molecule has 0 saturated heterocycles. The quantitative estimate of drug-likeness (QED) is 0.802. The number of para-hydroxylation sites is 1. The van der Waals surface area contributed by atoms with Crippen LogP contribution in [0.4, 0.5) is 5.69 Å². The lowest BCUT2D eigenvalue weighted by Gasteiger charge is -2.17. The Morgan fingerprint density at radius 3 is 2.32 bits per heavy atom. The second-order valence-corrected chi connectivity index (χ2v) is 5.57. The number of carbonyl (C=O) groups is 3. The molecule has 0 aliphatic carbocycles. The molecule has 2 aromatic carbocycles. The molecule has 0 bridgehead atoms. The van der Waals surface area contributed by atoms with Crippen LogP contribution in [-0.2, 0) is 14.3 Å². The lowest BCUT2D eigenvalue weighted by atomic mass is 10.2. The molecule has 0 unspecified atom stereocenters. The zero-order valence-corrected chi connectivity index (χ0v) is 14.3. The van der Waals surface area contributed by atoms with Gasteiger partial charge in [-0.25, -0.2) is 0 Å². The van der Waals surface area contributed by atoms with Crippen LogP contribution in [0.2, 0.25) is 5.02 Å². The van der Waals surface area contributed by atoms with E-state index in [2.05, 4.69) is 5.32 Å². The molecule has 130 valence electrons. The zero-order valence-electron chi connectivity index (χ0n) is 13.6. The van der Waals surface area contributed by atoms with E-state index in [9.17, 15) is 14.4 Å². The summed E-state index contributed by atoms with van der Waals surface area (Å²) in [6.45, 7) is -0.731. The average Bonchev–Trinajstić information content (AvgIpc) is 2.64. The summed E-state index contributed by atoms with van der Waals surface area (Å²) < 4.78 is 4.89. The third-order valence-corrected chi connectivity index (χ3v) is 3.63. The normalized spacial score (nSPS) is 10.0. The first-order valence-corrected chi connectivity index (χ1v) is 7.86. The molecule has 2 aromatic rings. The molecule has 0 atom stereocenters. The van der Waals surface area contributed by atoms with E-state index in [1.807, 2.05) is 6.07 Å². The van der Waals surface area contributed by atoms with Crippen molar-refractivity contribution < 1.29 is 19.1 Å². The Morgan fingerprint density at radius 2 is 1.68 bits per heavy atom. The molecular formula is C18H17ClN2O4. The number of carbonyl (C=O) groups excluding carboxylic acids is 3. The third-order valence-electron chi connectivity index (χ3n) is 3.37. The second kappa shape index (κ2) is 8.84. The number of nitrogens with one attached hydrogen (secondary N) is 1. The molecule has 0 heterocycles. The maximum atomic E-state index is 12.0. The van der Waals surface area contributed by atoms with Crippen molar-refractivity contribution in [2.24, 2.45) is 0 Å². The molecule has 7 heteroatoms. The number of hydrogen-bond donors (Lipinski definition) is 1. The molecule has 0 aliphatic rings. The number of halogens is 1. The minimum absolute atomic E-state index is 0.330. The van der Waals surface area contributed by atoms with Crippen LogP contribution < -0.4 is 10.2 Å². The maximum Gasteiger partial charge on any atom is 0.325 e. The van der Waals surface area contributed by atoms with Gasteiger partial charge in [-0.2, -0.15) is 0 Å². The fourth-order valence-electron chi connectivity index (χ4n) is 1.94. The summed E-state index contributed by atoms with van der Waals surface area (Å²) in [5.74, 6) is -1.50. The molecule has 6 nitrogen and oxygen atoms in total. The highest BCUT2D eigenvalue weighted by Crippen LogP contribution is 2.11. The van der Waals surface area contributed by atoms with Crippen LogP contribution in [0.5, 0.6) is 0 Å². The van der Waals surface area contributed by atoms with Crippen LogP contribution in [0.3, 0.4) is 0 Å². The van der Waals surface area contributed by atoms with Crippen molar-refractivity contribution in [1.29, 1.82) is 0 Å². The van der Waals surface area contributed by atoms with Crippen LogP contribution in [0.1, 0.15) is 10.4 Å². The first-order valence-electron chi connectivity index (χ1n) is 7.48. The molecule has 0 radical (unpaired) electrons. The van der Waals surface area contributed by atoms with E-state index in [0.29, 0.717) is 16.3 Å². The highest BCUT2D eigenvalue weighted by Gasteiger charge is 2.14. The zero-order chi connectivity index (χ0) is 18.2. The average molecular weight is 361 g/mol. The number of rotatable bonds is 6. The molecule has 1 N–H and O–H groups in total. The number of nitrogens with zero attached hydrogens (tertiary/aromatic N) is 1. The van der Waals surface area contributed by atoms with E-state index in [-0.39, 0.29) is 12.5 Å². The second-order valence-electron chi connectivity index (χ2n) is 5.14. The Hall–Kier alpha value is -2.86. The van der Waals surface area contributed by atoms with Gasteiger partial charge in [-0.15, -0.1) is 0 Å². The van der Waals surface area contributed by atoms with Crippen LogP contribution in [0, 0.1) is 0 Å². The Labute approximate surface area is 150 Å². The smallest absolute Gasteiger partial charge is 0.325 e. The summed E-state index contributed by atoms with van der Waals surface area (Å²) in [6.07, 6.45) is 0. The first-order chi connectivity index (χ1) is 12.0. The monoisotopic (exact) mass is 360 g/mol. The Kier molecular flexibility index (Phi) is 6.54. The van der Waals surface area contributed by atoms with Crippen LogP contribution in [0.15, 0.2) is 54.6 Å². The largest absolute Gasteiger partial charge is 0.454 e. The molecule has 0 fully saturated rings. The highest BCUT2D eigenvalue weighted by molar-refractivity contribution is 6.30. The highest BCUT2D eigenvalue weighted by atomic mass is 35.5. The van der Waals surface area contributed by atoms with Gasteiger partial charge in [0.2, 0.25) is 0 Å². The molecule has 2 amide bonds. The van der Waals surface area contributed by atoms with Crippen LogP contribution in [0.25, 0.3) is 0 Å². The molecule has 0 saturated carbocycles. The fraction of sp³-hybridized carbons (Fsp3) is 0.167. The number of likely N-dealkylation sites (N-methyl/N-ethyl adjacent to an activating group) is 1. The summed E-state index contributed by atoms with van der Waals surface area (Å²) >= 11 is 5.74. The number of benzene rings is 2. The van der Waals surface area contributed by atoms with Gasteiger partial charge in [0, 0.05) is 23.3 Å². The number of esters is 1. The summed E-state index contributed by atoms with van der Waals surface area (Å²) in [7, 11) is 1.59. The van der Waals surface area contributed by atoms with Gasteiger partial charge in [0.25, 0.3) is 11.8 Å². The summed E-state index contributed by atoms with van der Waals surface area (Å²) in [5.41, 5.74) is 1.07. The van der Waals surface area contributed by atoms with E-state index in [1.165, 1.54) is 4.90 Å². The van der Waals surface area contributed by atoms with Crippen molar-refractivity contribution in [3.8, 4) is 0 Å². The van der Waals surface area contributed by atoms with Crippen molar-refractivity contribution in [3.05, 3.63) is 65.2 Å². The molecule has 2 rings (SSSR count). The minimum Gasteiger partial charge on any atom is -0.454 e. The minimum atomic E-state index is -0.697. The maximum absolute atomic E-state index is 12.0. The number of anilines is 1. The van der Waals surface area contributed by atoms with Crippen molar-refractivity contribution in [2.45, 2.75) is 0 Å². The topological polar surface area (TPSA) is 75.7 Å². The van der Waals surface area contributed by atoms with Gasteiger partial charge in [0.05, 0.1) is 0 Å². The van der Waals surface area contributed by atoms with Gasteiger partial charge in [0.1, 0.15) is 6.54 Å². The third kappa shape index (κ3) is 5.61. The van der Waals surface area contributed by atoms with Gasteiger partial charge in [-0.3, -0.25) is 14.4 Å². The van der Waals surface area contributed by atoms with Crippen molar-refractivity contribution in [1.82, 2.24) is 5.32 Å². The first kappa shape index (κ1) is 18.5. The van der Waals surface area contributed by atoms with Crippen molar-refractivity contribution >= 4 is 35.1 Å². The van der Waals surface area contributed by atoms with Crippen molar-refractivity contribution in [3.63, 3.8) is 0 Å². The Balaban J connectivity index is 1.76. The van der Waals surface area contributed by atoms with Crippen LogP contribution in [-0.4, -0.2) is 38.0 Å². The van der Waals surface area contributed by atoms with Gasteiger partial charge in [-0.05, 0) is 36.4 Å². The molecular weight excluding hydrogens is 344 g/mol. The van der Waals surface area contributed by atoms with E-state index < -0.39 is 18.5 Å². The van der Waals surface area contributed by atoms with Gasteiger partial charge in [0.15, 0.2) is 6.61 Å². The molecule has 0 aliphatic heterocycles. The predicted molar refractivity (Wildman–Crippen MR) is 94.6 cm³/mol. The fourth-order valence-corrected chi connectivity index (χ4v) is 2.07. The van der Waals surface area contributed by atoms with Gasteiger partial charge in [-0.1, -0.05) is 29.8 Å². The summed E-state index contributed by atoms with van der Waals surface area (Å²) in [4.78, 5) is 36.9. The van der Waals surface area contributed by atoms with E-state index in [1.54, 1.807) is 55.6 Å². The predicted octanol–water partition coefficient (Wildman–Crippen LogP) is 2.28. The van der Waals surface area contributed by atoms with E-state index in [0.717, 1.165) is 0 Å². The van der Waals surface area contributed by atoms with Crippen molar-refractivity contribution in [2.75, 3.05) is 25.1 Å². The summed E-state index contributed by atoms with van der Waals surface area (Å²) in [5, 5.41) is 2.93. The SMILES string of the molecule is CN(C(=O)COC(=O)CNC(=O)c1ccc(Cl)cc1)c1ccccc1. The van der Waals surface area contributed by atoms with E-state index >= 15 is 0 Å². The number of amides is 2. The molecule has 0 spiro atoms. The van der Waals surface area contributed by atoms with Crippen LogP contribution >= 0.6 is 11.6 Å². The lowest BCUT2D eigenvalue weighted by Crippen LogP contribution is -2.34. The number of ether oxygens (including phenoxy) is 1.